The Morgan fingerprint density at radius 1 is 1.07 bits per heavy atom. The van der Waals surface area contributed by atoms with E-state index >= 15 is 0 Å². The topological polar surface area (TPSA) is 102 Å². The normalized spacial score (nSPS) is 15.7. The summed E-state index contributed by atoms with van der Waals surface area (Å²) in [5.74, 6) is 0.135. The Bertz CT molecular complexity index is 1020. The van der Waals surface area contributed by atoms with Crippen molar-refractivity contribution >= 4 is 50.6 Å². The number of sulfonamides is 1. The highest BCUT2D eigenvalue weighted by Crippen LogP contribution is 2.26. The molecule has 2 amide bonds. The van der Waals surface area contributed by atoms with Crippen molar-refractivity contribution < 1.29 is 22.7 Å². The van der Waals surface area contributed by atoms with Gasteiger partial charge in [-0.05, 0) is 59.8 Å². The molecule has 1 aliphatic rings. The molecule has 1 saturated heterocycles. The first-order valence-electron chi connectivity index (χ1n) is 8.06. The van der Waals surface area contributed by atoms with Gasteiger partial charge in [0.05, 0.1) is 9.80 Å². The molecule has 0 atom stereocenters. The first-order chi connectivity index (χ1) is 13.3. The van der Waals surface area contributed by atoms with Crippen LogP contribution in [0, 0.1) is 0 Å². The summed E-state index contributed by atoms with van der Waals surface area (Å²) in [5, 5.41) is 2.26. The van der Waals surface area contributed by atoms with Crippen LogP contribution in [0.4, 0.5) is 4.79 Å². The van der Waals surface area contributed by atoms with E-state index in [2.05, 4.69) is 10.0 Å². The van der Waals surface area contributed by atoms with Crippen molar-refractivity contribution in [3.8, 4) is 5.75 Å². The summed E-state index contributed by atoms with van der Waals surface area (Å²) in [6.45, 7) is 0.232. The number of imide groups is 1. The van der Waals surface area contributed by atoms with Crippen molar-refractivity contribution in [2.75, 3.05) is 13.2 Å². The summed E-state index contributed by atoms with van der Waals surface area (Å²) in [6, 6.07) is 12.7. The summed E-state index contributed by atoms with van der Waals surface area (Å²) in [5.41, 5.74) is 0.739. The van der Waals surface area contributed by atoms with Gasteiger partial charge in [0.2, 0.25) is 10.0 Å². The second kappa shape index (κ2) is 8.78. The van der Waals surface area contributed by atoms with E-state index < -0.39 is 21.2 Å². The molecule has 0 saturated carbocycles. The van der Waals surface area contributed by atoms with E-state index in [-0.39, 0.29) is 18.0 Å². The molecular formula is C18H15ClN2O5S2. The molecule has 1 aliphatic heterocycles. The van der Waals surface area contributed by atoms with E-state index in [1.165, 1.54) is 24.3 Å². The Kier molecular flexibility index (Phi) is 6.40. The summed E-state index contributed by atoms with van der Waals surface area (Å²) < 4.78 is 32.2. The molecular weight excluding hydrogens is 424 g/mol. The average molecular weight is 439 g/mol. The fourth-order valence-corrected chi connectivity index (χ4v) is 4.10. The molecule has 2 N–H and O–H groups in total. The predicted octanol–water partition coefficient (Wildman–Crippen LogP) is 3.02. The van der Waals surface area contributed by atoms with Crippen LogP contribution in [0.5, 0.6) is 5.75 Å². The summed E-state index contributed by atoms with van der Waals surface area (Å²) in [4.78, 5) is 23.1. The van der Waals surface area contributed by atoms with Gasteiger partial charge < -0.3 is 4.74 Å². The maximum atomic E-state index is 12.1. The second-order valence-corrected chi connectivity index (χ2v) is 8.84. The number of carbonyl (C=O) groups is 2. The van der Waals surface area contributed by atoms with Gasteiger partial charge in [0, 0.05) is 11.6 Å². The van der Waals surface area contributed by atoms with Crippen LogP contribution < -0.4 is 14.8 Å². The number of rotatable bonds is 7. The zero-order valence-corrected chi connectivity index (χ0v) is 16.7. The van der Waals surface area contributed by atoms with Gasteiger partial charge in [0.1, 0.15) is 12.4 Å². The van der Waals surface area contributed by atoms with Gasteiger partial charge in [-0.25, -0.2) is 13.1 Å². The van der Waals surface area contributed by atoms with E-state index in [0.717, 1.165) is 17.3 Å². The summed E-state index contributed by atoms with van der Waals surface area (Å²) in [6.07, 6.45) is 1.61. The fourth-order valence-electron chi connectivity index (χ4n) is 2.27. The Balaban J connectivity index is 1.50. The minimum atomic E-state index is -3.63. The van der Waals surface area contributed by atoms with Gasteiger partial charge in [-0.1, -0.05) is 23.7 Å². The quantitative estimate of drug-likeness (QED) is 0.509. The standard InChI is InChI=1S/C18H15ClN2O5S2/c19-13-3-7-15(8-4-13)28(24,25)20-9-10-26-14-5-1-12(2-6-14)11-16-17(22)21-18(23)27-16/h1-8,11,20H,9-10H2,(H,21,22,23)/b16-11-. The first-order valence-corrected chi connectivity index (χ1v) is 10.7. The highest BCUT2D eigenvalue weighted by molar-refractivity contribution is 8.18. The van der Waals surface area contributed by atoms with E-state index in [0.29, 0.717) is 15.7 Å². The SMILES string of the molecule is O=C1NC(=O)/C(=C/c2ccc(OCCNS(=O)(=O)c3ccc(Cl)cc3)cc2)S1. The lowest BCUT2D eigenvalue weighted by Gasteiger charge is -2.09. The van der Waals surface area contributed by atoms with Crippen LogP contribution in [-0.2, 0) is 14.8 Å². The lowest BCUT2D eigenvalue weighted by Crippen LogP contribution is -2.28. The molecule has 0 spiro atoms. The maximum Gasteiger partial charge on any atom is 0.290 e. The summed E-state index contributed by atoms with van der Waals surface area (Å²) in [7, 11) is -3.63. The number of benzene rings is 2. The van der Waals surface area contributed by atoms with Gasteiger partial charge in [-0.15, -0.1) is 0 Å². The lowest BCUT2D eigenvalue weighted by molar-refractivity contribution is -0.115. The van der Waals surface area contributed by atoms with E-state index in [4.69, 9.17) is 16.3 Å². The van der Waals surface area contributed by atoms with Crippen LogP contribution in [0.2, 0.25) is 5.02 Å². The van der Waals surface area contributed by atoms with Crippen LogP contribution >= 0.6 is 23.4 Å². The van der Waals surface area contributed by atoms with Gasteiger partial charge in [-0.3, -0.25) is 14.9 Å². The minimum Gasteiger partial charge on any atom is -0.492 e. The molecule has 146 valence electrons. The Labute approximate surface area is 171 Å². The van der Waals surface area contributed by atoms with Crippen molar-refractivity contribution in [2.24, 2.45) is 0 Å². The highest BCUT2D eigenvalue weighted by atomic mass is 35.5. The fraction of sp³-hybridized carbons (Fsp3) is 0.111. The number of nitrogens with one attached hydrogen (secondary N) is 2. The van der Waals surface area contributed by atoms with Crippen LogP contribution in [0.15, 0.2) is 58.3 Å². The zero-order valence-electron chi connectivity index (χ0n) is 14.3. The number of carbonyl (C=O) groups excluding carboxylic acids is 2. The molecule has 1 heterocycles. The van der Waals surface area contributed by atoms with Crippen LogP contribution in [0.1, 0.15) is 5.56 Å². The van der Waals surface area contributed by atoms with Gasteiger partial charge in [0.15, 0.2) is 0 Å². The van der Waals surface area contributed by atoms with Crippen LogP contribution in [0.25, 0.3) is 6.08 Å². The van der Waals surface area contributed by atoms with E-state index in [1.807, 2.05) is 0 Å². The maximum absolute atomic E-state index is 12.1. The Morgan fingerprint density at radius 2 is 1.75 bits per heavy atom. The number of ether oxygens (including phenoxy) is 1. The van der Waals surface area contributed by atoms with Crippen molar-refractivity contribution in [3.05, 3.63) is 64.0 Å². The van der Waals surface area contributed by atoms with E-state index in [9.17, 15) is 18.0 Å². The molecule has 3 rings (SSSR count). The van der Waals surface area contributed by atoms with E-state index in [1.54, 1.807) is 30.3 Å². The Hall–Kier alpha value is -2.33. The molecule has 0 unspecified atom stereocenters. The lowest BCUT2D eigenvalue weighted by atomic mass is 10.2. The van der Waals surface area contributed by atoms with Crippen molar-refractivity contribution in [2.45, 2.75) is 4.90 Å². The molecule has 0 bridgehead atoms. The number of thioether (sulfide) groups is 1. The molecule has 2 aromatic rings. The average Bonchev–Trinajstić information content (AvgIpc) is 2.97. The smallest absolute Gasteiger partial charge is 0.290 e. The largest absolute Gasteiger partial charge is 0.492 e. The third kappa shape index (κ3) is 5.35. The predicted molar refractivity (Wildman–Crippen MR) is 108 cm³/mol. The molecule has 2 aromatic carbocycles. The minimum absolute atomic E-state index is 0.0929. The highest BCUT2D eigenvalue weighted by Gasteiger charge is 2.24. The third-order valence-corrected chi connectivity index (χ3v) is 6.15. The molecule has 7 nitrogen and oxygen atoms in total. The number of amides is 2. The monoisotopic (exact) mass is 438 g/mol. The van der Waals surface area contributed by atoms with Crippen molar-refractivity contribution in [3.63, 3.8) is 0 Å². The number of hydrogen-bond acceptors (Lipinski definition) is 6. The van der Waals surface area contributed by atoms with Gasteiger partial charge >= 0.3 is 0 Å². The van der Waals surface area contributed by atoms with Crippen LogP contribution in [-0.4, -0.2) is 32.7 Å². The molecule has 0 radical (unpaired) electrons. The zero-order chi connectivity index (χ0) is 20.1. The third-order valence-electron chi connectivity index (χ3n) is 3.61. The molecule has 10 heteroatoms. The van der Waals surface area contributed by atoms with Crippen LogP contribution in [0.3, 0.4) is 0 Å². The van der Waals surface area contributed by atoms with Gasteiger partial charge in [0.25, 0.3) is 11.1 Å². The summed E-state index contributed by atoms with van der Waals surface area (Å²) >= 11 is 6.60. The number of halogens is 1. The number of hydrogen-bond donors (Lipinski definition) is 2. The van der Waals surface area contributed by atoms with Gasteiger partial charge in [-0.2, -0.15) is 0 Å². The Morgan fingerprint density at radius 3 is 2.36 bits per heavy atom. The van der Waals surface area contributed by atoms with Crippen molar-refractivity contribution in [1.29, 1.82) is 0 Å². The molecule has 28 heavy (non-hydrogen) atoms. The second-order valence-electron chi connectivity index (χ2n) is 5.62. The first kappa shape index (κ1) is 20.4. The van der Waals surface area contributed by atoms with Crippen molar-refractivity contribution in [1.82, 2.24) is 10.0 Å². The molecule has 0 aromatic heterocycles. The molecule has 0 aliphatic carbocycles. The molecule has 1 fully saturated rings.